The van der Waals surface area contributed by atoms with Gasteiger partial charge in [-0.25, -0.2) is 0 Å². The zero-order chi connectivity index (χ0) is 12.3. The Balaban J connectivity index is 2.41. The summed E-state index contributed by atoms with van der Waals surface area (Å²) in [7, 11) is 0. The van der Waals surface area contributed by atoms with Crippen molar-refractivity contribution in [2.24, 2.45) is 10.2 Å². The molecule has 1 heterocycles. The average Bonchev–Trinajstić information content (AvgIpc) is 2.29. The molecule has 0 bridgehead atoms. The van der Waals surface area contributed by atoms with E-state index in [2.05, 4.69) is 20.2 Å². The number of nitrogen functional groups attached to an aromatic ring is 1. The van der Waals surface area contributed by atoms with E-state index in [4.69, 9.17) is 18.0 Å². The fraction of sp³-hybridized carbons (Fsp3) is 0. The van der Waals surface area contributed by atoms with Crippen LogP contribution in [-0.2, 0) is 0 Å². The molecule has 4 N–H and O–H groups in total. The lowest BCUT2D eigenvalue weighted by Crippen LogP contribution is -2.09. The van der Waals surface area contributed by atoms with Crippen molar-refractivity contribution < 1.29 is 0 Å². The average molecular weight is 247 g/mol. The molecule has 0 aliphatic carbocycles. The maximum absolute atomic E-state index is 11.5. The summed E-state index contributed by atoms with van der Waals surface area (Å²) in [5.41, 5.74) is 5.77. The summed E-state index contributed by atoms with van der Waals surface area (Å²) < 4.78 is 0.158. The highest BCUT2D eigenvalue weighted by atomic mass is 32.1. The standard InChI is InChI=1S/C10H9N5OS/c11-8-7(9(16)13-10(17)12-8)15-14-6-4-2-1-3-5-6/h1-5H,(H4,11,12,13,16,17). The monoisotopic (exact) mass is 247 g/mol. The second-order valence-electron chi connectivity index (χ2n) is 3.21. The Morgan fingerprint density at radius 1 is 1.12 bits per heavy atom. The number of anilines is 1. The number of hydrogen-bond acceptors (Lipinski definition) is 5. The van der Waals surface area contributed by atoms with Crippen LogP contribution >= 0.6 is 12.2 Å². The lowest BCUT2D eigenvalue weighted by atomic mass is 10.3. The van der Waals surface area contributed by atoms with E-state index in [1.54, 1.807) is 12.1 Å². The van der Waals surface area contributed by atoms with Crippen LogP contribution in [0, 0.1) is 4.77 Å². The smallest absolute Gasteiger partial charge is 0.281 e. The van der Waals surface area contributed by atoms with Crippen LogP contribution in [0.4, 0.5) is 17.2 Å². The quantitative estimate of drug-likeness (QED) is 0.561. The minimum Gasteiger partial charge on any atom is -0.383 e. The van der Waals surface area contributed by atoms with Gasteiger partial charge in [0.15, 0.2) is 10.5 Å². The first-order valence-electron chi connectivity index (χ1n) is 4.75. The van der Waals surface area contributed by atoms with Crippen LogP contribution in [0.25, 0.3) is 0 Å². The van der Waals surface area contributed by atoms with Crippen LogP contribution in [0.1, 0.15) is 0 Å². The van der Waals surface area contributed by atoms with Crippen molar-refractivity contribution in [3.05, 3.63) is 45.5 Å². The molecule has 0 unspecified atom stereocenters. The molecule has 0 spiro atoms. The fourth-order valence-corrected chi connectivity index (χ4v) is 1.40. The van der Waals surface area contributed by atoms with Crippen molar-refractivity contribution in [1.82, 2.24) is 9.97 Å². The third-order valence-corrected chi connectivity index (χ3v) is 2.17. The third kappa shape index (κ3) is 2.64. The SMILES string of the molecule is Nc1[nH]c(=S)[nH]c(=O)c1N=Nc1ccccc1. The first kappa shape index (κ1) is 11.2. The van der Waals surface area contributed by atoms with E-state index in [9.17, 15) is 4.79 Å². The van der Waals surface area contributed by atoms with Crippen LogP contribution in [0.5, 0.6) is 0 Å². The van der Waals surface area contributed by atoms with Crippen molar-refractivity contribution >= 4 is 29.4 Å². The molecule has 6 nitrogen and oxygen atoms in total. The van der Waals surface area contributed by atoms with Gasteiger partial charge in [0.1, 0.15) is 5.82 Å². The Hall–Kier alpha value is -2.28. The molecule has 0 aliphatic rings. The highest BCUT2D eigenvalue weighted by Gasteiger charge is 2.03. The summed E-state index contributed by atoms with van der Waals surface area (Å²) in [5.74, 6) is 0.0958. The Morgan fingerprint density at radius 2 is 1.82 bits per heavy atom. The molecular weight excluding hydrogens is 238 g/mol. The van der Waals surface area contributed by atoms with Gasteiger partial charge in [0, 0.05) is 0 Å². The van der Waals surface area contributed by atoms with E-state index < -0.39 is 5.56 Å². The van der Waals surface area contributed by atoms with Gasteiger partial charge in [-0.2, -0.15) is 5.11 Å². The molecule has 0 radical (unpaired) electrons. The number of nitrogens with one attached hydrogen (secondary N) is 2. The first-order valence-corrected chi connectivity index (χ1v) is 5.16. The number of azo groups is 1. The third-order valence-electron chi connectivity index (χ3n) is 1.97. The number of nitrogens with zero attached hydrogens (tertiary/aromatic N) is 2. The van der Waals surface area contributed by atoms with E-state index in [0.717, 1.165) is 0 Å². The number of rotatable bonds is 2. The summed E-state index contributed by atoms with van der Waals surface area (Å²) in [6.07, 6.45) is 0. The van der Waals surface area contributed by atoms with Crippen molar-refractivity contribution in [2.75, 3.05) is 5.73 Å². The normalized spacial score (nSPS) is 10.8. The molecular formula is C10H9N5OS. The molecule has 0 atom stereocenters. The minimum atomic E-state index is -0.467. The van der Waals surface area contributed by atoms with Crippen LogP contribution in [0.2, 0.25) is 0 Å². The predicted molar refractivity (Wildman–Crippen MR) is 67.3 cm³/mol. The molecule has 86 valence electrons. The van der Waals surface area contributed by atoms with E-state index in [1.165, 1.54) is 0 Å². The Kier molecular flexibility index (Phi) is 3.10. The second kappa shape index (κ2) is 4.71. The van der Waals surface area contributed by atoms with E-state index in [0.29, 0.717) is 5.69 Å². The van der Waals surface area contributed by atoms with Crippen LogP contribution in [0.15, 0.2) is 45.4 Å². The summed E-state index contributed by atoms with van der Waals surface area (Å²) in [4.78, 5) is 16.5. The fourth-order valence-electron chi connectivity index (χ4n) is 1.20. The van der Waals surface area contributed by atoms with Crippen molar-refractivity contribution in [1.29, 1.82) is 0 Å². The van der Waals surface area contributed by atoms with E-state index >= 15 is 0 Å². The minimum absolute atomic E-state index is 0.0162. The van der Waals surface area contributed by atoms with Gasteiger partial charge in [-0.15, -0.1) is 5.11 Å². The van der Waals surface area contributed by atoms with E-state index in [1.807, 2.05) is 18.2 Å². The summed E-state index contributed by atoms with van der Waals surface area (Å²) in [5, 5.41) is 7.69. The number of nitrogens with two attached hydrogens (primary N) is 1. The Labute approximate surface area is 101 Å². The van der Waals surface area contributed by atoms with Gasteiger partial charge < -0.3 is 10.7 Å². The molecule has 1 aromatic carbocycles. The summed E-state index contributed by atoms with van der Waals surface area (Å²) >= 11 is 4.76. The zero-order valence-corrected chi connectivity index (χ0v) is 9.49. The summed E-state index contributed by atoms with van der Waals surface area (Å²) in [6, 6.07) is 9.03. The van der Waals surface area contributed by atoms with Gasteiger partial charge in [-0.1, -0.05) is 18.2 Å². The molecule has 2 aromatic rings. The van der Waals surface area contributed by atoms with Gasteiger partial charge >= 0.3 is 0 Å². The molecule has 0 saturated carbocycles. The molecule has 0 saturated heterocycles. The predicted octanol–water partition coefficient (Wildman–Crippen LogP) is 2.43. The lowest BCUT2D eigenvalue weighted by Gasteiger charge is -1.97. The van der Waals surface area contributed by atoms with Crippen molar-refractivity contribution in [3.8, 4) is 0 Å². The van der Waals surface area contributed by atoms with Crippen molar-refractivity contribution in [3.63, 3.8) is 0 Å². The van der Waals surface area contributed by atoms with Gasteiger partial charge in [0.2, 0.25) is 0 Å². The van der Waals surface area contributed by atoms with Gasteiger partial charge in [-0.05, 0) is 24.4 Å². The number of hydrogen-bond donors (Lipinski definition) is 3. The topological polar surface area (TPSA) is 99.4 Å². The van der Waals surface area contributed by atoms with Gasteiger partial charge in [0.05, 0.1) is 5.69 Å². The molecule has 17 heavy (non-hydrogen) atoms. The molecule has 0 amide bonds. The Morgan fingerprint density at radius 3 is 2.47 bits per heavy atom. The van der Waals surface area contributed by atoms with E-state index in [-0.39, 0.29) is 16.3 Å². The van der Waals surface area contributed by atoms with Crippen LogP contribution < -0.4 is 11.3 Å². The van der Waals surface area contributed by atoms with Gasteiger partial charge in [-0.3, -0.25) is 9.78 Å². The second-order valence-corrected chi connectivity index (χ2v) is 3.61. The Bertz CT molecular complexity index is 658. The lowest BCUT2D eigenvalue weighted by molar-refractivity contribution is 1.07. The number of benzene rings is 1. The highest BCUT2D eigenvalue weighted by Crippen LogP contribution is 2.17. The molecule has 1 aromatic heterocycles. The maximum Gasteiger partial charge on any atom is 0.281 e. The van der Waals surface area contributed by atoms with Crippen LogP contribution in [0.3, 0.4) is 0 Å². The number of aromatic amines is 2. The summed E-state index contributed by atoms with van der Waals surface area (Å²) in [6.45, 7) is 0. The molecule has 2 rings (SSSR count). The van der Waals surface area contributed by atoms with Crippen LogP contribution in [-0.4, -0.2) is 9.97 Å². The molecule has 7 heteroatoms. The highest BCUT2D eigenvalue weighted by molar-refractivity contribution is 7.71. The van der Waals surface area contributed by atoms with Gasteiger partial charge in [0.25, 0.3) is 5.56 Å². The molecule has 0 aliphatic heterocycles. The van der Waals surface area contributed by atoms with Crippen molar-refractivity contribution in [2.45, 2.75) is 0 Å². The largest absolute Gasteiger partial charge is 0.383 e. The molecule has 0 fully saturated rings. The number of aromatic nitrogens is 2. The number of H-pyrrole nitrogens is 2. The first-order chi connectivity index (χ1) is 8.16. The maximum atomic E-state index is 11.5. The zero-order valence-electron chi connectivity index (χ0n) is 8.68.